The van der Waals surface area contributed by atoms with Gasteiger partial charge in [-0.15, -0.1) is 0 Å². The number of ether oxygens (including phenoxy) is 1. The van der Waals surface area contributed by atoms with E-state index in [-0.39, 0.29) is 0 Å². The van der Waals surface area contributed by atoms with Crippen LogP contribution in [0.25, 0.3) is 10.9 Å². The van der Waals surface area contributed by atoms with Crippen molar-refractivity contribution in [2.24, 2.45) is 0 Å². The number of aryl methyl sites for hydroxylation is 2. The van der Waals surface area contributed by atoms with Gasteiger partial charge in [-0.3, -0.25) is 0 Å². The summed E-state index contributed by atoms with van der Waals surface area (Å²) in [6, 6.07) is 18.4. The summed E-state index contributed by atoms with van der Waals surface area (Å²) in [5, 5.41) is 1.16. The van der Waals surface area contributed by atoms with Gasteiger partial charge in [-0.05, 0) is 37.1 Å². The molecule has 0 unspecified atom stereocenters. The maximum absolute atomic E-state index is 5.94. The van der Waals surface area contributed by atoms with Crippen molar-refractivity contribution < 1.29 is 4.74 Å². The third kappa shape index (κ3) is 2.50. The van der Waals surface area contributed by atoms with Crippen LogP contribution in [0.3, 0.4) is 0 Å². The standard InChI is InChI=1S/C18H17NO/c1-13-6-5-7-14(2)18(13)20-12-16-11-10-15-8-3-4-9-17(15)19-16/h3-11H,12H2,1-2H3. The molecule has 2 heteroatoms. The molecule has 3 aromatic rings. The molecule has 2 nitrogen and oxygen atoms in total. The fraction of sp³-hybridized carbons (Fsp3) is 0.167. The second kappa shape index (κ2) is 5.33. The number of nitrogens with zero attached hydrogens (tertiary/aromatic N) is 1. The topological polar surface area (TPSA) is 22.1 Å². The van der Waals surface area contributed by atoms with Crippen molar-refractivity contribution in [2.45, 2.75) is 20.5 Å². The van der Waals surface area contributed by atoms with Crippen LogP contribution >= 0.6 is 0 Å². The molecule has 1 aromatic heterocycles. The zero-order valence-corrected chi connectivity index (χ0v) is 11.8. The lowest BCUT2D eigenvalue weighted by atomic mass is 10.1. The van der Waals surface area contributed by atoms with E-state index in [1.54, 1.807) is 0 Å². The maximum Gasteiger partial charge on any atom is 0.130 e. The van der Waals surface area contributed by atoms with Crippen LogP contribution in [0.5, 0.6) is 5.75 Å². The Morgan fingerprint density at radius 1 is 0.850 bits per heavy atom. The molecule has 0 aliphatic carbocycles. The molecule has 0 spiro atoms. The van der Waals surface area contributed by atoms with E-state index in [4.69, 9.17) is 4.74 Å². The molecule has 0 radical (unpaired) electrons. The smallest absolute Gasteiger partial charge is 0.130 e. The number of hydrogen-bond donors (Lipinski definition) is 0. The third-order valence-electron chi connectivity index (χ3n) is 3.43. The molecule has 0 atom stereocenters. The Bertz CT molecular complexity index is 729. The van der Waals surface area contributed by atoms with E-state index in [1.807, 2.05) is 30.3 Å². The lowest BCUT2D eigenvalue weighted by Crippen LogP contribution is -2.01. The van der Waals surface area contributed by atoms with Crippen molar-refractivity contribution in [1.29, 1.82) is 0 Å². The summed E-state index contributed by atoms with van der Waals surface area (Å²) in [5.74, 6) is 0.961. The molecule has 0 saturated heterocycles. The normalized spacial score (nSPS) is 10.7. The Balaban J connectivity index is 1.83. The molecule has 0 aliphatic heterocycles. The monoisotopic (exact) mass is 263 g/mol. The second-order valence-electron chi connectivity index (χ2n) is 5.00. The van der Waals surface area contributed by atoms with Crippen LogP contribution in [-0.2, 0) is 6.61 Å². The molecule has 0 aliphatic rings. The fourth-order valence-corrected chi connectivity index (χ4v) is 2.36. The number of para-hydroxylation sites is 2. The van der Waals surface area contributed by atoms with Crippen LogP contribution in [0.4, 0.5) is 0 Å². The van der Waals surface area contributed by atoms with Crippen molar-refractivity contribution in [3.05, 3.63) is 71.4 Å². The summed E-state index contributed by atoms with van der Waals surface area (Å²) in [7, 11) is 0. The summed E-state index contributed by atoms with van der Waals surface area (Å²) < 4.78 is 5.94. The zero-order chi connectivity index (χ0) is 13.9. The molecular formula is C18H17NO. The first-order chi connectivity index (χ1) is 9.74. The number of benzene rings is 2. The third-order valence-corrected chi connectivity index (χ3v) is 3.43. The minimum Gasteiger partial charge on any atom is -0.487 e. The highest BCUT2D eigenvalue weighted by Crippen LogP contribution is 2.23. The highest BCUT2D eigenvalue weighted by Gasteiger charge is 2.04. The van der Waals surface area contributed by atoms with Gasteiger partial charge in [0.2, 0.25) is 0 Å². The Morgan fingerprint density at radius 3 is 2.40 bits per heavy atom. The van der Waals surface area contributed by atoms with E-state index in [9.17, 15) is 0 Å². The van der Waals surface area contributed by atoms with E-state index < -0.39 is 0 Å². The van der Waals surface area contributed by atoms with Gasteiger partial charge in [0.15, 0.2) is 0 Å². The van der Waals surface area contributed by atoms with Crippen molar-refractivity contribution in [1.82, 2.24) is 4.98 Å². The maximum atomic E-state index is 5.94. The van der Waals surface area contributed by atoms with E-state index in [0.29, 0.717) is 6.61 Å². The molecule has 0 saturated carbocycles. The first kappa shape index (κ1) is 12.7. The van der Waals surface area contributed by atoms with Gasteiger partial charge >= 0.3 is 0 Å². The number of hydrogen-bond acceptors (Lipinski definition) is 2. The largest absolute Gasteiger partial charge is 0.487 e. The van der Waals surface area contributed by atoms with Gasteiger partial charge in [0.05, 0.1) is 11.2 Å². The molecular weight excluding hydrogens is 246 g/mol. The van der Waals surface area contributed by atoms with Crippen LogP contribution in [0, 0.1) is 13.8 Å². The minimum atomic E-state index is 0.497. The number of pyridine rings is 1. The van der Waals surface area contributed by atoms with E-state index in [0.717, 1.165) is 33.5 Å². The first-order valence-corrected chi connectivity index (χ1v) is 6.78. The Morgan fingerprint density at radius 2 is 1.60 bits per heavy atom. The van der Waals surface area contributed by atoms with Crippen molar-refractivity contribution in [2.75, 3.05) is 0 Å². The molecule has 100 valence electrons. The second-order valence-corrected chi connectivity index (χ2v) is 5.00. The van der Waals surface area contributed by atoms with Gasteiger partial charge in [0.1, 0.15) is 12.4 Å². The Hall–Kier alpha value is -2.35. The number of rotatable bonds is 3. The van der Waals surface area contributed by atoms with Crippen molar-refractivity contribution in [3.63, 3.8) is 0 Å². The molecule has 0 fully saturated rings. The van der Waals surface area contributed by atoms with E-state index in [1.165, 1.54) is 0 Å². The predicted molar refractivity (Wildman–Crippen MR) is 82.0 cm³/mol. The van der Waals surface area contributed by atoms with E-state index >= 15 is 0 Å². The summed E-state index contributed by atoms with van der Waals surface area (Å²) in [4.78, 5) is 4.62. The molecule has 0 N–H and O–H groups in total. The fourth-order valence-electron chi connectivity index (χ4n) is 2.36. The lowest BCUT2D eigenvalue weighted by molar-refractivity contribution is 0.297. The average molecular weight is 263 g/mol. The zero-order valence-electron chi connectivity index (χ0n) is 11.8. The summed E-state index contributed by atoms with van der Waals surface area (Å²) in [6.45, 7) is 4.63. The van der Waals surface area contributed by atoms with Crippen LogP contribution in [0.1, 0.15) is 16.8 Å². The highest BCUT2D eigenvalue weighted by atomic mass is 16.5. The van der Waals surface area contributed by atoms with Crippen LogP contribution in [0.2, 0.25) is 0 Å². The summed E-state index contributed by atoms with van der Waals surface area (Å²) in [5.41, 5.74) is 4.28. The predicted octanol–water partition coefficient (Wildman–Crippen LogP) is 4.43. The van der Waals surface area contributed by atoms with Crippen LogP contribution in [-0.4, -0.2) is 4.98 Å². The van der Waals surface area contributed by atoms with Gasteiger partial charge in [0.25, 0.3) is 0 Å². The molecule has 0 bridgehead atoms. The molecule has 1 heterocycles. The van der Waals surface area contributed by atoms with Gasteiger partial charge in [-0.2, -0.15) is 0 Å². The van der Waals surface area contributed by atoms with E-state index in [2.05, 4.69) is 43.1 Å². The van der Waals surface area contributed by atoms with Gasteiger partial charge in [0, 0.05) is 5.39 Å². The first-order valence-electron chi connectivity index (χ1n) is 6.78. The SMILES string of the molecule is Cc1cccc(C)c1OCc1ccc2ccccc2n1. The molecule has 0 amide bonds. The lowest BCUT2D eigenvalue weighted by Gasteiger charge is -2.11. The summed E-state index contributed by atoms with van der Waals surface area (Å²) >= 11 is 0. The Kier molecular flexibility index (Phi) is 3.38. The highest BCUT2D eigenvalue weighted by molar-refractivity contribution is 5.78. The Labute approximate surface area is 119 Å². The minimum absolute atomic E-state index is 0.497. The average Bonchev–Trinajstić information content (AvgIpc) is 2.46. The van der Waals surface area contributed by atoms with Crippen molar-refractivity contribution in [3.8, 4) is 5.75 Å². The van der Waals surface area contributed by atoms with Crippen LogP contribution < -0.4 is 4.74 Å². The van der Waals surface area contributed by atoms with Crippen LogP contribution in [0.15, 0.2) is 54.6 Å². The van der Waals surface area contributed by atoms with Gasteiger partial charge < -0.3 is 4.74 Å². The summed E-state index contributed by atoms with van der Waals surface area (Å²) in [6.07, 6.45) is 0. The molecule has 2 aromatic carbocycles. The number of fused-ring (bicyclic) bond motifs is 1. The quantitative estimate of drug-likeness (QED) is 0.697. The molecule has 20 heavy (non-hydrogen) atoms. The van der Waals surface area contributed by atoms with Gasteiger partial charge in [-0.25, -0.2) is 4.98 Å². The van der Waals surface area contributed by atoms with Gasteiger partial charge in [-0.1, -0.05) is 42.5 Å². The number of aromatic nitrogens is 1. The molecule has 3 rings (SSSR count). The van der Waals surface area contributed by atoms with Crippen molar-refractivity contribution >= 4 is 10.9 Å².